The molecule has 0 saturated heterocycles. The van der Waals surface area contributed by atoms with Crippen LogP contribution in [0, 0.1) is 24.0 Å². The number of nitrogens with zero attached hydrogens (tertiary/aromatic N) is 3. The van der Waals surface area contributed by atoms with Gasteiger partial charge in [0.2, 0.25) is 0 Å². The predicted molar refractivity (Wildman–Crippen MR) is 98.3 cm³/mol. The Hall–Kier alpha value is -2.51. The van der Waals surface area contributed by atoms with E-state index in [-0.39, 0.29) is 16.3 Å². The summed E-state index contributed by atoms with van der Waals surface area (Å²) in [6.45, 7) is 4.00. The van der Waals surface area contributed by atoms with Crippen LogP contribution >= 0.6 is 22.9 Å². The number of nitro benzene ring substituents is 1. The van der Waals surface area contributed by atoms with Gasteiger partial charge >= 0.3 is 0 Å². The van der Waals surface area contributed by atoms with Gasteiger partial charge in [-0.15, -0.1) is 0 Å². The number of rotatable bonds is 2. The molecule has 25 heavy (non-hydrogen) atoms. The fourth-order valence-electron chi connectivity index (χ4n) is 2.61. The van der Waals surface area contributed by atoms with Crippen LogP contribution in [-0.2, 0) is 7.05 Å². The minimum Gasteiger partial charge on any atom is -0.319 e. The lowest BCUT2D eigenvalue weighted by Crippen LogP contribution is -2.14. The van der Waals surface area contributed by atoms with Crippen LogP contribution in [0.15, 0.2) is 35.3 Å². The molecule has 0 spiro atoms. The van der Waals surface area contributed by atoms with E-state index in [9.17, 15) is 14.9 Å². The average Bonchev–Trinajstić information content (AvgIpc) is 2.89. The van der Waals surface area contributed by atoms with E-state index in [0.29, 0.717) is 4.80 Å². The largest absolute Gasteiger partial charge is 0.319 e. The standard InChI is InChI=1S/C17H14ClN3O3S/c1-9-4-5-10(2)15-14(9)20(3)17(25-15)19-16(22)12-8-11(21(23)24)6-7-13(12)18/h4-8H,1-3H3. The van der Waals surface area contributed by atoms with Crippen LogP contribution in [0.4, 0.5) is 5.69 Å². The van der Waals surface area contributed by atoms with E-state index < -0.39 is 10.8 Å². The molecular formula is C17H14ClN3O3S. The molecule has 0 atom stereocenters. The molecule has 128 valence electrons. The van der Waals surface area contributed by atoms with Crippen molar-refractivity contribution in [2.24, 2.45) is 12.0 Å². The highest BCUT2D eigenvalue weighted by molar-refractivity contribution is 7.16. The summed E-state index contributed by atoms with van der Waals surface area (Å²) in [7, 11) is 1.84. The minimum absolute atomic E-state index is 0.0155. The quantitative estimate of drug-likeness (QED) is 0.498. The smallest absolute Gasteiger partial charge is 0.281 e. The average molecular weight is 376 g/mol. The van der Waals surface area contributed by atoms with Crippen LogP contribution in [-0.4, -0.2) is 15.4 Å². The van der Waals surface area contributed by atoms with Gasteiger partial charge in [0.15, 0.2) is 4.80 Å². The molecule has 0 N–H and O–H groups in total. The van der Waals surface area contributed by atoms with Crippen molar-refractivity contribution in [2.45, 2.75) is 13.8 Å². The van der Waals surface area contributed by atoms with Crippen LogP contribution in [0.1, 0.15) is 21.5 Å². The topological polar surface area (TPSA) is 77.5 Å². The van der Waals surface area contributed by atoms with Crippen molar-refractivity contribution in [3.8, 4) is 0 Å². The summed E-state index contributed by atoms with van der Waals surface area (Å²) in [4.78, 5) is 27.5. The molecule has 2 aromatic carbocycles. The number of carbonyl (C=O) groups excluding carboxylic acids is 1. The molecular weight excluding hydrogens is 362 g/mol. The first-order valence-electron chi connectivity index (χ1n) is 7.38. The second-order valence-electron chi connectivity index (χ2n) is 5.66. The Kier molecular flexibility index (Phi) is 4.45. The Morgan fingerprint density at radius 3 is 2.56 bits per heavy atom. The second kappa shape index (κ2) is 6.42. The van der Waals surface area contributed by atoms with Crippen LogP contribution in [0.2, 0.25) is 5.02 Å². The summed E-state index contributed by atoms with van der Waals surface area (Å²) in [5, 5.41) is 11.0. The molecule has 1 aromatic heterocycles. The number of aryl methyl sites for hydroxylation is 3. The summed E-state index contributed by atoms with van der Waals surface area (Å²) < 4.78 is 2.91. The molecule has 0 radical (unpaired) electrons. The summed E-state index contributed by atoms with van der Waals surface area (Å²) in [5.41, 5.74) is 3.02. The fourth-order valence-corrected chi connectivity index (χ4v) is 3.97. The van der Waals surface area contributed by atoms with Crippen molar-refractivity contribution in [2.75, 3.05) is 0 Å². The number of non-ortho nitro benzene ring substituents is 1. The minimum atomic E-state index is -0.605. The van der Waals surface area contributed by atoms with E-state index in [0.717, 1.165) is 27.4 Å². The van der Waals surface area contributed by atoms with Crippen LogP contribution < -0.4 is 4.80 Å². The molecule has 0 unspecified atom stereocenters. The number of benzene rings is 2. The van der Waals surface area contributed by atoms with E-state index in [1.165, 1.54) is 23.5 Å². The zero-order valence-corrected chi connectivity index (χ0v) is 15.3. The zero-order chi connectivity index (χ0) is 18.3. The Balaban J connectivity index is 2.18. The summed E-state index contributed by atoms with van der Waals surface area (Å²) in [6, 6.07) is 7.79. The van der Waals surface area contributed by atoms with Gasteiger partial charge in [-0.25, -0.2) is 0 Å². The van der Waals surface area contributed by atoms with E-state index >= 15 is 0 Å². The molecule has 0 fully saturated rings. The van der Waals surface area contributed by atoms with E-state index in [2.05, 4.69) is 4.99 Å². The molecule has 0 aliphatic rings. The Bertz CT molecular complexity index is 1100. The van der Waals surface area contributed by atoms with Crippen LogP contribution in [0.3, 0.4) is 0 Å². The molecule has 1 heterocycles. The first-order chi connectivity index (χ1) is 11.8. The number of hydrogen-bond donors (Lipinski definition) is 0. The maximum Gasteiger partial charge on any atom is 0.281 e. The first-order valence-corrected chi connectivity index (χ1v) is 8.57. The number of amides is 1. The van der Waals surface area contributed by atoms with E-state index in [4.69, 9.17) is 11.6 Å². The Morgan fingerprint density at radius 2 is 1.92 bits per heavy atom. The summed E-state index contributed by atoms with van der Waals surface area (Å²) >= 11 is 7.43. The van der Waals surface area contributed by atoms with Crippen molar-refractivity contribution >= 4 is 44.7 Å². The fraction of sp³-hybridized carbons (Fsp3) is 0.176. The maximum atomic E-state index is 12.5. The van der Waals surface area contributed by atoms with Gasteiger partial charge in [0.05, 0.1) is 25.7 Å². The van der Waals surface area contributed by atoms with Gasteiger partial charge in [-0.2, -0.15) is 4.99 Å². The van der Waals surface area contributed by atoms with Crippen LogP contribution in [0.5, 0.6) is 0 Å². The van der Waals surface area contributed by atoms with Gasteiger partial charge < -0.3 is 4.57 Å². The van der Waals surface area contributed by atoms with E-state index in [1.807, 2.05) is 37.6 Å². The molecule has 3 aromatic rings. The van der Waals surface area contributed by atoms with Crippen molar-refractivity contribution < 1.29 is 9.72 Å². The third-order valence-electron chi connectivity index (χ3n) is 3.93. The lowest BCUT2D eigenvalue weighted by molar-refractivity contribution is -0.384. The summed E-state index contributed by atoms with van der Waals surface area (Å²) in [5.74, 6) is -0.605. The van der Waals surface area contributed by atoms with Gasteiger partial charge in [-0.3, -0.25) is 14.9 Å². The normalized spacial score (nSPS) is 11.9. The monoisotopic (exact) mass is 375 g/mol. The Labute approximate surface area is 152 Å². The Morgan fingerprint density at radius 1 is 1.24 bits per heavy atom. The SMILES string of the molecule is Cc1ccc(C)c2c1sc(=NC(=O)c1cc([N+](=O)[O-])ccc1Cl)n2C. The van der Waals surface area contributed by atoms with Crippen molar-refractivity contribution in [3.63, 3.8) is 0 Å². The molecule has 8 heteroatoms. The lowest BCUT2D eigenvalue weighted by Gasteiger charge is -2.02. The third kappa shape index (κ3) is 3.08. The number of halogens is 1. The molecule has 6 nitrogen and oxygen atoms in total. The van der Waals surface area contributed by atoms with Gasteiger partial charge in [0.1, 0.15) is 0 Å². The molecule has 0 aliphatic carbocycles. The molecule has 0 aliphatic heterocycles. The number of carbonyl (C=O) groups is 1. The number of fused-ring (bicyclic) bond motifs is 1. The van der Waals surface area contributed by atoms with Crippen LogP contribution in [0.25, 0.3) is 10.2 Å². The number of thiazole rings is 1. The second-order valence-corrected chi connectivity index (χ2v) is 7.04. The third-order valence-corrected chi connectivity index (χ3v) is 5.53. The molecule has 0 saturated carbocycles. The van der Waals surface area contributed by atoms with E-state index in [1.54, 1.807) is 0 Å². The van der Waals surface area contributed by atoms with Gasteiger partial charge in [0.25, 0.3) is 11.6 Å². The maximum absolute atomic E-state index is 12.5. The predicted octanol–water partition coefficient (Wildman–Crippen LogP) is 4.16. The molecule has 0 bridgehead atoms. The summed E-state index contributed by atoms with van der Waals surface area (Å²) in [6.07, 6.45) is 0. The van der Waals surface area contributed by atoms with Crippen molar-refractivity contribution in [1.29, 1.82) is 0 Å². The number of nitro groups is 1. The lowest BCUT2D eigenvalue weighted by atomic mass is 10.1. The number of aromatic nitrogens is 1. The highest BCUT2D eigenvalue weighted by Crippen LogP contribution is 2.25. The molecule has 1 amide bonds. The van der Waals surface area contributed by atoms with Crippen molar-refractivity contribution in [3.05, 3.63) is 67.0 Å². The van der Waals surface area contributed by atoms with Gasteiger partial charge in [-0.1, -0.05) is 35.1 Å². The zero-order valence-electron chi connectivity index (χ0n) is 13.7. The first kappa shape index (κ1) is 17.3. The highest BCUT2D eigenvalue weighted by Gasteiger charge is 2.16. The molecule has 3 rings (SSSR count). The van der Waals surface area contributed by atoms with Gasteiger partial charge in [0, 0.05) is 19.2 Å². The highest BCUT2D eigenvalue weighted by atomic mass is 35.5. The van der Waals surface area contributed by atoms with Gasteiger partial charge in [-0.05, 0) is 31.0 Å². The number of hydrogen-bond acceptors (Lipinski definition) is 4. The van der Waals surface area contributed by atoms with Crippen molar-refractivity contribution in [1.82, 2.24) is 4.57 Å².